The highest BCUT2D eigenvalue weighted by molar-refractivity contribution is 8.01. The van der Waals surface area contributed by atoms with E-state index in [0.29, 0.717) is 22.3 Å². The molecular formula is C18H16Cl2N2O2S. The fourth-order valence-corrected chi connectivity index (χ4v) is 4.04. The maximum Gasteiger partial charge on any atom is 0.238 e. The zero-order valence-electron chi connectivity index (χ0n) is 13.5. The molecule has 4 nitrogen and oxygen atoms in total. The van der Waals surface area contributed by atoms with Gasteiger partial charge in [-0.2, -0.15) is 0 Å². The number of nitrogens with zero attached hydrogens (tertiary/aromatic N) is 1. The first kappa shape index (κ1) is 18.1. The number of hydrogen-bond donors (Lipinski definition) is 1. The lowest BCUT2D eigenvalue weighted by Crippen LogP contribution is -2.35. The van der Waals surface area contributed by atoms with Gasteiger partial charge in [-0.1, -0.05) is 35.3 Å². The molecule has 1 atom stereocenters. The number of nitrogens with one attached hydrogen (secondary N) is 1. The zero-order valence-corrected chi connectivity index (χ0v) is 15.8. The molecule has 25 heavy (non-hydrogen) atoms. The Labute approximate surface area is 160 Å². The first-order valence-corrected chi connectivity index (χ1v) is 9.31. The topological polar surface area (TPSA) is 49.4 Å². The third-order valence-corrected chi connectivity index (χ3v) is 5.60. The number of rotatable bonds is 4. The van der Waals surface area contributed by atoms with E-state index in [9.17, 15) is 9.59 Å². The highest BCUT2D eigenvalue weighted by Gasteiger charge is 2.30. The highest BCUT2D eigenvalue weighted by Crippen LogP contribution is 2.38. The van der Waals surface area contributed by atoms with Crippen LogP contribution in [0.2, 0.25) is 10.0 Å². The lowest BCUT2D eigenvalue weighted by molar-refractivity contribution is -0.131. The fraction of sp³-hybridized carbons (Fsp3) is 0.222. The molecule has 2 aromatic carbocycles. The van der Waals surface area contributed by atoms with E-state index in [1.165, 1.54) is 11.8 Å². The fourth-order valence-electron chi connectivity index (χ4n) is 2.57. The van der Waals surface area contributed by atoms with Crippen molar-refractivity contribution in [1.82, 2.24) is 4.90 Å². The minimum Gasteiger partial charge on any atom is -0.341 e. The van der Waals surface area contributed by atoms with Gasteiger partial charge in [-0.3, -0.25) is 9.59 Å². The van der Waals surface area contributed by atoms with Gasteiger partial charge in [-0.25, -0.2) is 0 Å². The van der Waals surface area contributed by atoms with E-state index in [2.05, 4.69) is 5.32 Å². The zero-order chi connectivity index (χ0) is 18.0. The van der Waals surface area contributed by atoms with Crippen molar-refractivity contribution in [2.24, 2.45) is 0 Å². The van der Waals surface area contributed by atoms with Crippen molar-refractivity contribution in [3.63, 3.8) is 0 Å². The molecule has 2 amide bonds. The van der Waals surface area contributed by atoms with Crippen molar-refractivity contribution in [2.75, 3.05) is 12.4 Å². The Morgan fingerprint density at radius 3 is 2.72 bits per heavy atom. The van der Waals surface area contributed by atoms with Crippen LogP contribution in [-0.4, -0.2) is 29.0 Å². The van der Waals surface area contributed by atoms with Crippen LogP contribution >= 0.6 is 35.0 Å². The molecule has 1 N–H and O–H groups in total. The molecule has 0 radical (unpaired) electrons. The predicted octanol–water partition coefficient (Wildman–Crippen LogP) is 4.45. The number of anilines is 1. The molecule has 0 bridgehead atoms. The molecular weight excluding hydrogens is 379 g/mol. The summed E-state index contributed by atoms with van der Waals surface area (Å²) in [5.41, 5.74) is 1.64. The van der Waals surface area contributed by atoms with Crippen LogP contribution < -0.4 is 5.32 Å². The molecule has 1 unspecified atom stereocenters. The Balaban J connectivity index is 1.64. The summed E-state index contributed by atoms with van der Waals surface area (Å²) in [5.74, 6) is -0.269. The number of fused-ring (bicyclic) bond motifs is 1. The molecule has 0 aromatic heterocycles. The lowest BCUT2D eigenvalue weighted by atomic mass is 10.2. The maximum atomic E-state index is 12.5. The number of carbonyl (C=O) groups excluding carboxylic acids is 2. The molecule has 3 rings (SSSR count). The van der Waals surface area contributed by atoms with Crippen LogP contribution in [0.3, 0.4) is 0 Å². The molecule has 130 valence electrons. The standard InChI is InChI=1S/C18H16Cl2N2O2S/c1-22(10-11-3-2-4-12(19)7-11)17(23)9-16-18(24)21-14-8-13(20)5-6-15(14)25-16/h2-8,16H,9-10H2,1H3,(H,21,24). The third kappa shape index (κ3) is 4.48. The van der Waals surface area contributed by atoms with Crippen LogP contribution in [0.4, 0.5) is 5.69 Å². The average molecular weight is 395 g/mol. The number of thioether (sulfide) groups is 1. The molecule has 1 aliphatic rings. The SMILES string of the molecule is CN(Cc1cccc(Cl)c1)C(=O)CC1Sc2ccc(Cl)cc2NC1=O. The van der Waals surface area contributed by atoms with Crippen LogP contribution in [0.15, 0.2) is 47.4 Å². The van der Waals surface area contributed by atoms with Crippen molar-refractivity contribution >= 4 is 52.5 Å². The summed E-state index contributed by atoms with van der Waals surface area (Å²) >= 11 is 13.3. The number of benzene rings is 2. The second-order valence-corrected chi connectivity index (χ2v) is 7.94. The second kappa shape index (κ2) is 7.68. The summed E-state index contributed by atoms with van der Waals surface area (Å²) in [6, 6.07) is 12.7. The molecule has 0 aliphatic carbocycles. The summed E-state index contributed by atoms with van der Waals surface area (Å²) in [5, 5.41) is 3.56. The Morgan fingerprint density at radius 2 is 1.96 bits per heavy atom. The van der Waals surface area contributed by atoms with Gasteiger partial charge in [0.25, 0.3) is 0 Å². The average Bonchev–Trinajstić information content (AvgIpc) is 2.55. The minimum absolute atomic E-state index is 0.0926. The molecule has 0 fully saturated rings. The largest absolute Gasteiger partial charge is 0.341 e. The Morgan fingerprint density at radius 1 is 1.20 bits per heavy atom. The smallest absolute Gasteiger partial charge is 0.238 e. The minimum atomic E-state index is -0.456. The van der Waals surface area contributed by atoms with E-state index in [-0.39, 0.29) is 18.2 Å². The van der Waals surface area contributed by atoms with Crippen molar-refractivity contribution in [1.29, 1.82) is 0 Å². The summed E-state index contributed by atoms with van der Waals surface area (Å²) in [4.78, 5) is 27.3. The molecule has 7 heteroatoms. The van der Waals surface area contributed by atoms with E-state index in [0.717, 1.165) is 10.5 Å². The van der Waals surface area contributed by atoms with Gasteiger partial charge in [-0.15, -0.1) is 11.8 Å². The van der Waals surface area contributed by atoms with Crippen LogP contribution in [0.25, 0.3) is 0 Å². The summed E-state index contributed by atoms with van der Waals surface area (Å²) in [6.45, 7) is 0.449. The monoisotopic (exact) mass is 394 g/mol. The summed E-state index contributed by atoms with van der Waals surface area (Å²) < 4.78 is 0. The molecule has 1 heterocycles. The molecule has 0 saturated carbocycles. The first-order chi connectivity index (χ1) is 11.9. The Bertz CT molecular complexity index is 828. The molecule has 0 spiro atoms. The van der Waals surface area contributed by atoms with Crippen molar-refractivity contribution in [3.05, 3.63) is 58.1 Å². The lowest BCUT2D eigenvalue weighted by Gasteiger charge is -2.25. The van der Waals surface area contributed by atoms with Crippen molar-refractivity contribution in [3.8, 4) is 0 Å². The van der Waals surface area contributed by atoms with Crippen molar-refractivity contribution in [2.45, 2.75) is 23.1 Å². The van der Waals surface area contributed by atoms with E-state index in [4.69, 9.17) is 23.2 Å². The van der Waals surface area contributed by atoms with Gasteiger partial charge in [0.1, 0.15) is 0 Å². The quantitative estimate of drug-likeness (QED) is 0.832. The van der Waals surface area contributed by atoms with E-state index in [1.807, 2.05) is 24.3 Å². The Hall–Kier alpha value is -1.69. The van der Waals surface area contributed by atoms with Crippen LogP contribution in [0, 0.1) is 0 Å². The number of amides is 2. The number of hydrogen-bond acceptors (Lipinski definition) is 3. The Kier molecular flexibility index (Phi) is 5.57. The van der Waals surface area contributed by atoms with E-state index >= 15 is 0 Å². The predicted molar refractivity (Wildman–Crippen MR) is 102 cm³/mol. The van der Waals surface area contributed by atoms with Gasteiger partial charge in [0.05, 0.1) is 10.9 Å². The van der Waals surface area contributed by atoms with E-state index < -0.39 is 5.25 Å². The van der Waals surface area contributed by atoms with Crippen LogP contribution in [0.5, 0.6) is 0 Å². The highest BCUT2D eigenvalue weighted by atomic mass is 35.5. The van der Waals surface area contributed by atoms with Gasteiger partial charge in [0.2, 0.25) is 11.8 Å². The van der Waals surface area contributed by atoms with E-state index in [1.54, 1.807) is 30.1 Å². The molecule has 0 saturated heterocycles. The first-order valence-electron chi connectivity index (χ1n) is 7.68. The summed E-state index contributed by atoms with van der Waals surface area (Å²) in [7, 11) is 1.72. The van der Waals surface area contributed by atoms with Gasteiger partial charge >= 0.3 is 0 Å². The third-order valence-electron chi connectivity index (χ3n) is 3.86. The van der Waals surface area contributed by atoms with Crippen molar-refractivity contribution < 1.29 is 9.59 Å². The summed E-state index contributed by atoms with van der Waals surface area (Å²) in [6.07, 6.45) is 0.135. The normalized spacial score (nSPS) is 16.1. The van der Waals surface area contributed by atoms with Gasteiger partial charge < -0.3 is 10.2 Å². The van der Waals surface area contributed by atoms with Crippen LogP contribution in [-0.2, 0) is 16.1 Å². The molecule has 2 aromatic rings. The van der Waals surface area contributed by atoms with Gasteiger partial charge in [-0.05, 0) is 35.9 Å². The van der Waals surface area contributed by atoms with Crippen LogP contribution in [0.1, 0.15) is 12.0 Å². The van der Waals surface area contributed by atoms with Gasteiger partial charge in [0, 0.05) is 35.0 Å². The maximum absolute atomic E-state index is 12.5. The number of carbonyl (C=O) groups is 2. The van der Waals surface area contributed by atoms with Gasteiger partial charge in [0.15, 0.2) is 0 Å². The number of halogens is 2. The second-order valence-electron chi connectivity index (χ2n) is 5.82. The molecule has 1 aliphatic heterocycles.